The Morgan fingerprint density at radius 1 is 1.11 bits per heavy atom. The Bertz CT molecular complexity index is 1030. The van der Waals surface area contributed by atoms with Gasteiger partial charge in [0.05, 0.1) is 4.90 Å². The molecule has 0 aliphatic carbocycles. The van der Waals surface area contributed by atoms with Crippen LogP contribution in [0.3, 0.4) is 0 Å². The van der Waals surface area contributed by atoms with E-state index < -0.39 is 16.1 Å². The van der Waals surface area contributed by atoms with Crippen LogP contribution in [0.5, 0.6) is 0 Å². The summed E-state index contributed by atoms with van der Waals surface area (Å²) in [4.78, 5) is 4.67. The van der Waals surface area contributed by atoms with Gasteiger partial charge in [-0.3, -0.25) is 0 Å². The Balaban J connectivity index is 2.04. The van der Waals surface area contributed by atoms with Crippen LogP contribution in [-0.2, 0) is 23.5 Å². The lowest BCUT2D eigenvalue weighted by Crippen LogP contribution is -2.33. The van der Waals surface area contributed by atoms with E-state index in [0.29, 0.717) is 10.8 Å². The van der Waals surface area contributed by atoms with Crippen molar-refractivity contribution in [2.24, 2.45) is 7.05 Å². The molecule has 1 heterocycles. The van der Waals surface area contributed by atoms with Gasteiger partial charge in [-0.15, -0.1) is 0 Å². The molecule has 28 heavy (non-hydrogen) atoms. The summed E-state index contributed by atoms with van der Waals surface area (Å²) in [5.74, 6) is 0.635. The van der Waals surface area contributed by atoms with E-state index in [0.717, 1.165) is 24.0 Å². The number of nitrogens with zero attached hydrogens (tertiary/aromatic N) is 3. The fraction of sp³-hybridized carbons (Fsp3) is 0.286. The average molecular weight is 418 g/mol. The topological polar surface area (TPSA) is 55.2 Å². The number of rotatable bonds is 7. The van der Waals surface area contributed by atoms with Gasteiger partial charge >= 0.3 is 0 Å². The van der Waals surface area contributed by atoms with E-state index in [1.807, 2.05) is 35.9 Å². The minimum atomic E-state index is -3.72. The summed E-state index contributed by atoms with van der Waals surface area (Å²) in [5, 5.41) is 0.597. The van der Waals surface area contributed by atoms with E-state index in [9.17, 15) is 8.42 Å². The third kappa shape index (κ3) is 4.14. The smallest absolute Gasteiger partial charge is 0.243 e. The molecule has 3 rings (SSSR count). The van der Waals surface area contributed by atoms with Crippen molar-refractivity contribution in [3.63, 3.8) is 0 Å². The maximum absolute atomic E-state index is 13.4. The van der Waals surface area contributed by atoms with Crippen molar-refractivity contribution in [2.45, 2.75) is 30.7 Å². The molecule has 0 bridgehead atoms. The molecule has 0 saturated heterocycles. The number of imidazole rings is 1. The summed E-state index contributed by atoms with van der Waals surface area (Å²) in [6.07, 6.45) is 5.41. The van der Waals surface area contributed by atoms with Crippen LogP contribution in [0.1, 0.15) is 36.3 Å². The van der Waals surface area contributed by atoms with Crippen molar-refractivity contribution >= 4 is 21.6 Å². The van der Waals surface area contributed by atoms with Crippen molar-refractivity contribution in [1.82, 2.24) is 13.9 Å². The molecule has 1 unspecified atom stereocenters. The summed E-state index contributed by atoms with van der Waals surface area (Å²) in [6, 6.07) is 13.7. The number of halogens is 1. The molecular formula is C21H24ClN3O2S. The van der Waals surface area contributed by atoms with Crippen molar-refractivity contribution in [1.29, 1.82) is 0 Å². The second-order valence-corrected chi connectivity index (χ2v) is 9.20. The summed E-state index contributed by atoms with van der Waals surface area (Å²) in [5.41, 5.74) is 1.93. The highest BCUT2D eigenvalue weighted by Crippen LogP contribution is 2.31. The van der Waals surface area contributed by atoms with E-state index in [1.54, 1.807) is 43.7 Å². The Kier molecular flexibility index (Phi) is 6.23. The van der Waals surface area contributed by atoms with E-state index in [4.69, 9.17) is 11.6 Å². The first-order valence-electron chi connectivity index (χ1n) is 9.14. The fourth-order valence-corrected chi connectivity index (χ4v) is 4.66. The monoisotopic (exact) mass is 417 g/mol. The molecular weight excluding hydrogens is 394 g/mol. The van der Waals surface area contributed by atoms with Gasteiger partial charge in [-0.1, -0.05) is 49.2 Å². The number of sulfonamides is 1. The Morgan fingerprint density at radius 2 is 1.75 bits per heavy atom. The largest absolute Gasteiger partial charge is 0.336 e. The zero-order chi connectivity index (χ0) is 20.3. The lowest BCUT2D eigenvalue weighted by Gasteiger charge is -2.27. The van der Waals surface area contributed by atoms with Gasteiger partial charge in [0.25, 0.3) is 0 Å². The fourth-order valence-electron chi connectivity index (χ4n) is 3.23. The lowest BCUT2D eigenvalue weighted by molar-refractivity contribution is 0.398. The molecule has 0 amide bonds. The predicted octanol–water partition coefficient (Wildman–Crippen LogP) is 4.44. The highest BCUT2D eigenvalue weighted by atomic mass is 35.5. The molecule has 0 radical (unpaired) electrons. The van der Waals surface area contributed by atoms with E-state index >= 15 is 0 Å². The second kappa shape index (κ2) is 8.47. The van der Waals surface area contributed by atoms with Crippen molar-refractivity contribution in [3.8, 4) is 0 Å². The number of aromatic nitrogens is 2. The van der Waals surface area contributed by atoms with Gasteiger partial charge in [0.1, 0.15) is 11.9 Å². The van der Waals surface area contributed by atoms with Gasteiger partial charge in [0.15, 0.2) is 0 Å². The van der Waals surface area contributed by atoms with Gasteiger partial charge in [0.2, 0.25) is 10.0 Å². The van der Waals surface area contributed by atoms with E-state index in [-0.39, 0.29) is 4.90 Å². The average Bonchev–Trinajstić information content (AvgIpc) is 3.10. The standard InChI is InChI=1S/C21H24ClN3O2S/c1-4-5-16-6-12-19(13-7-16)28(26,27)25(3)20(21-23-14-15-24(21)2)17-8-10-18(22)11-9-17/h6-15,20H,4-5H2,1-3H3. The Hall–Kier alpha value is -2.15. The molecule has 2 aromatic carbocycles. The van der Waals surface area contributed by atoms with E-state index in [1.165, 1.54) is 4.31 Å². The molecule has 3 aromatic rings. The number of benzene rings is 2. The van der Waals surface area contributed by atoms with Gasteiger partial charge in [0, 0.05) is 31.5 Å². The minimum absolute atomic E-state index is 0.267. The highest BCUT2D eigenvalue weighted by Gasteiger charge is 2.32. The van der Waals surface area contributed by atoms with Crippen molar-refractivity contribution in [2.75, 3.05) is 7.05 Å². The van der Waals surface area contributed by atoms with Crippen molar-refractivity contribution < 1.29 is 8.42 Å². The van der Waals surface area contributed by atoms with Gasteiger partial charge in [-0.25, -0.2) is 13.4 Å². The molecule has 0 spiro atoms. The Labute approximate surface area is 171 Å². The van der Waals surface area contributed by atoms with Crippen LogP contribution in [0, 0.1) is 0 Å². The number of hydrogen-bond donors (Lipinski definition) is 0. The highest BCUT2D eigenvalue weighted by molar-refractivity contribution is 7.89. The molecule has 5 nitrogen and oxygen atoms in total. The molecule has 0 fully saturated rings. The van der Waals surface area contributed by atoms with Crippen LogP contribution < -0.4 is 0 Å². The normalized spacial score (nSPS) is 13.0. The van der Waals surface area contributed by atoms with Crippen LogP contribution in [0.2, 0.25) is 5.02 Å². The van der Waals surface area contributed by atoms with Crippen LogP contribution in [0.25, 0.3) is 0 Å². The predicted molar refractivity (Wildman–Crippen MR) is 112 cm³/mol. The third-order valence-corrected chi connectivity index (χ3v) is 6.88. The summed E-state index contributed by atoms with van der Waals surface area (Å²) < 4.78 is 29.9. The zero-order valence-corrected chi connectivity index (χ0v) is 17.8. The van der Waals surface area contributed by atoms with Crippen LogP contribution in [0.4, 0.5) is 0 Å². The first-order chi connectivity index (χ1) is 13.3. The minimum Gasteiger partial charge on any atom is -0.336 e. The molecule has 7 heteroatoms. The summed E-state index contributed by atoms with van der Waals surface area (Å²) >= 11 is 6.03. The summed E-state index contributed by atoms with van der Waals surface area (Å²) in [7, 11) is -0.285. The van der Waals surface area contributed by atoms with Crippen LogP contribution >= 0.6 is 11.6 Å². The Morgan fingerprint density at radius 3 is 2.29 bits per heavy atom. The molecule has 0 aliphatic rings. The summed E-state index contributed by atoms with van der Waals surface area (Å²) in [6.45, 7) is 2.10. The SMILES string of the molecule is CCCc1ccc(S(=O)(=O)N(C)C(c2ccc(Cl)cc2)c2nccn2C)cc1. The molecule has 1 atom stereocenters. The molecule has 0 N–H and O–H groups in total. The second-order valence-electron chi connectivity index (χ2n) is 6.77. The van der Waals surface area contributed by atoms with E-state index in [2.05, 4.69) is 11.9 Å². The van der Waals surface area contributed by atoms with Crippen LogP contribution in [-0.4, -0.2) is 29.3 Å². The number of aryl methyl sites for hydroxylation is 2. The van der Waals surface area contributed by atoms with Gasteiger partial charge < -0.3 is 4.57 Å². The quantitative estimate of drug-likeness (QED) is 0.571. The lowest BCUT2D eigenvalue weighted by atomic mass is 10.1. The molecule has 0 saturated carbocycles. The maximum atomic E-state index is 13.4. The third-order valence-electron chi connectivity index (χ3n) is 4.79. The van der Waals surface area contributed by atoms with Crippen molar-refractivity contribution in [3.05, 3.63) is 82.9 Å². The first kappa shape index (κ1) is 20.6. The molecule has 1 aromatic heterocycles. The van der Waals surface area contributed by atoms with Gasteiger partial charge in [-0.2, -0.15) is 4.31 Å². The van der Waals surface area contributed by atoms with Crippen LogP contribution in [0.15, 0.2) is 65.8 Å². The molecule has 148 valence electrons. The van der Waals surface area contributed by atoms with Gasteiger partial charge in [-0.05, 0) is 41.8 Å². The number of hydrogen-bond acceptors (Lipinski definition) is 3. The molecule has 0 aliphatic heterocycles. The zero-order valence-electron chi connectivity index (χ0n) is 16.2. The maximum Gasteiger partial charge on any atom is 0.243 e. The first-order valence-corrected chi connectivity index (χ1v) is 11.0.